The molecule has 1 aromatic carbocycles. The number of hydrogen-bond donors (Lipinski definition) is 1. The van der Waals surface area contributed by atoms with Crippen molar-refractivity contribution < 1.29 is 19.0 Å². The summed E-state index contributed by atoms with van der Waals surface area (Å²) in [6.07, 6.45) is 7.07. The van der Waals surface area contributed by atoms with E-state index in [1.807, 2.05) is 11.1 Å². The third-order valence-electron chi connectivity index (χ3n) is 3.72. The van der Waals surface area contributed by atoms with E-state index in [0.29, 0.717) is 18.7 Å². The summed E-state index contributed by atoms with van der Waals surface area (Å²) in [5.41, 5.74) is 1.48. The maximum atomic E-state index is 12.9. The number of rotatable bonds is 9. The fourth-order valence-electron chi connectivity index (χ4n) is 2.47. The van der Waals surface area contributed by atoms with E-state index in [-0.39, 0.29) is 11.2 Å². The number of carboxylic acids is 1. The van der Waals surface area contributed by atoms with Crippen LogP contribution in [0.2, 0.25) is 0 Å². The van der Waals surface area contributed by atoms with Gasteiger partial charge in [0.15, 0.2) is 0 Å². The van der Waals surface area contributed by atoms with Gasteiger partial charge in [0.1, 0.15) is 11.2 Å². The van der Waals surface area contributed by atoms with Gasteiger partial charge < -0.3 is 14.7 Å². The minimum atomic E-state index is -0.891. The molecule has 0 fully saturated rings. The average Bonchev–Trinajstić information content (AvgIpc) is 2.58. The normalized spacial score (nSPS) is 17.0. The van der Waals surface area contributed by atoms with Crippen LogP contribution >= 0.6 is 11.8 Å². The van der Waals surface area contributed by atoms with Gasteiger partial charge in [0.2, 0.25) is 0 Å². The Bertz CT molecular complexity index is 601. The fraction of sp³-hybridized carbons (Fsp3) is 0.389. The molecule has 0 amide bonds. The Kier molecular flexibility index (Phi) is 7.34. The zero-order chi connectivity index (χ0) is 17.4. The van der Waals surface area contributed by atoms with E-state index >= 15 is 0 Å². The lowest BCUT2D eigenvalue weighted by Crippen LogP contribution is -2.36. The van der Waals surface area contributed by atoms with Crippen LogP contribution in [0.15, 0.2) is 48.2 Å². The molecule has 2 rings (SSSR count). The highest BCUT2D eigenvalue weighted by Gasteiger charge is 2.26. The molecule has 4 nitrogen and oxygen atoms in total. The zero-order valence-electron chi connectivity index (χ0n) is 13.7. The predicted molar refractivity (Wildman–Crippen MR) is 94.4 cm³/mol. The van der Waals surface area contributed by atoms with E-state index in [2.05, 4.69) is 0 Å². The van der Waals surface area contributed by atoms with Gasteiger partial charge in [0.25, 0.3) is 0 Å². The number of carbonyl (C=O) groups is 1. The monoisotopic (exact) mass is 351 g/mol. The fourth-order valence-corrected chi connectivity index (χ4v) is 3.73. The van der Waals surface area contributed by atoms with E-state index in [1.54, 1.807) is 43.2 Å². The summed E-state index contributed by atoms with van der Waals surface area (Å²) in [7, 11) is 1.63. The summed E-state index contributed by atoms with van der Waals surface area (Å²) in [5, 5.41) is 9.19. The molecule has 1 unspecified atom stereocenters. The van der Waals surface area contributed by atoms with Gasteiger partial charge in [0.05, 0.1) is 12.2 Å². The lowest BCUT2D eigenvalue weighted by molar-refractivity contribution is -0.133. The van der Waals surface area contributed by atoms with Crippen molar-refractivity contribution in [2.45, 2.75) is 18.2 Å². The first-order chi connectivity index (χ1) is 11.6. The Morgan fingerprint density at radius 1 is 1.38 bits per heavy atom. The topological polar surface area (TPSA) is 49.8 Å². The maximum Gasteiger partial charge on any atom is 0.334 e. The number of aliphatic carboxylic acids is 1. The molecule has 0 saturated carbocycles. The number of benzene rings is 1. The van der Waals surface area contributed by atoms with Gasteiger partial charge in [0, 0.05) is 19.9 Å². The number of nitrogens with zero attached hydrogens (tertiary/aromatic N) is 1. The number of hydrogen-bond acceptors (Lipinski definition) is 4. The molecule has 24 heavy (non-hydrogen) atoms. The number of methoxy groups -OCH3 is 1. The van der Waals surface area contributed by atoms with Crippen molar-refractivity contribution in [3.8, 4) is 0 Å². The quantitative estimate of drug-likeness (QED) is 0.692. The molecule has 0 saturated heterocycles. The Morgan fingerprint density at radius 2 is 2.12 bits per heavy atom. The van der Waals surface area contributed by atoms with Crippen LogP contribution in [0, 0.1) is 5.82 Å². The average molecular weight is 351 g/mol. The Labute approximate surface area is 146 Å². The van der Waals surface area contributed by atoms with Gasteiger partial charge in [-0.1, -0.05) is 12.1 Å². The van der Waals surface area contributed by atoms with Crippen LogP contribution in [-0.2, 0) is 16.0 Å². The summed E-state index contributed by atoms with van der Waals surface area (Å²) in [4.78, 5) is 13.5. The molecule has 0 spiro atoms. The van der Waals surface area contributed by atoms with Crippen molar-refractivity contribution >= 4 is 17.7 Å². The highest BCUT2D eigenvalue weighted by atomic mass is 32.2. The van der Waals surface area contributed by atoms with Crippen molar-refractivity contribution in [2.75, 3.05) is 26.0 Å². The zero-order valence-corrected chi connectivity index (χ0v) is 14.5. The first-order valence-corrected chi connectivity index (χ1v) is 8.89. The van der Waals surface area contributed by atoms with Gasteiger partial charge in [-0.3, -0.25) is 0 Å². The highest BCUT2D eigenvalue weighted by molar-refractivity contribution is 8.00. The van der Waals surface area contributed by atoms with Crippen LogP contribution in [0.5, 0.6) is 0 Å². The summed E-state index contributed by atoms with van der Waals surface area (Å²) >= 11 is 1.61. The molecular formula is C18H22FNO3S. The predicted octanol–water partition coefficient (Wildman–Crippen LogP) is 3.30. The lowest BCUT2D eigenvalue weighted by Gasteiger charge is -2.32. The summed E-state index contributed by atoms with van der Waals surface area (Å²) in [6.45, 7) is 1.19. The maximum absolute atomic E-state index is 12.9. The number of thioether (sulfide) groups is 1. The molecule has 1 aromatic rings. The van der Waals surface area contributed by atoms with Gasteiger partial charge in [-0.25, -0.2) is 9.18 Å². The van der Waals surface area contributed by atoms with Crippen molar-refractivity contribution in [1.29, 1.82) is 0 Å². The van der Waals surface area contributed by atoms with Gasteiger partial charge in [-0.2, -0.15) is 0 Å². The largest absolute Gasteiger partial charge is 0.478 e. The second-order valence-electron chi connectivity index (χ2n) is 5.45. The van der Waals surface area contributed by atoms with Crippen LogP contribution in [0.3, 0.4) is 0 Å². The van der Waals surface area contributed by atoms with E-state index in [9.17, 15) is 14.3 Å². The molecule has 0 aliphatic carbocycles. The van der Waals surface area contributed by atoms with Crippen molar-refractivity contribution in [1.82, 2.24) is 4.90 Å². The molecule has 1 N–H and O–H groups in total. The minimum absolute atomic E-state index is 0.212. The molecule has 1 aliphatic rings. The Morgan fingerprint density at radius 3 is 2.79 bits per heavy atom. The van der Waals surface area contributed by atoms with Crippen LogP contribution in [0.1, 0.15) is 12.0 Å². The molecule has 6 heteroatoms. The summed E-state index contributed by atoms with van der Waals surface area (Å²) in [6, 6.07) is 6.51. The van der Waals surface area contributed by atoms with Crippen molar-refractivity contribution in [3.05, 3.63) is 59.6 Å². The summed E-state index contributed by atoms with van der Waals surface area (Å²) in [5.74, 6) is -0.297. The Balaban J connectivity index is 1.88. The van der Waals surface area contributed by atoms with Crippen LogP contribution in [-0.4, -0.2) is 47.4 Å². The number of aryl methyl sites for hydroxylation is 1. The summed E-state index contributed by atoms with van der Waals surface area (Å²) < 4.78 is 18.0. The van der Waals surface area contributed by atoms with Crippen LogP contribution in [0.4, 0.5) is 4.39 Å². The van der Waals surface area contributed by atoms with Crippen molar-refractivity contribution in [3.63, 3.8) is 0 Å². The number of halogens is 1. The standard InChI is InChI=1S/C18H22FNO3S/c1-23-12-11-20-10-2-5-16(18(21)22)17(20)24-13-3-4-14-6-8-15(19)9-7-14/h2,5-10,17H,3-4,11-13H2,1H3,(H,21,22). The first kappa shape index (κ1) is 18.5. The second-order valence-corrected chi connectivity index (χ2v) is 6.64. The molecule has 1 heterocycles. The number of ether oxygens (including phenoxy) is 1. The van der Waals surface area contributed by atoms with Gasteiger partial charge in [-0.05, 0) is 48.4 Å². The SMILES string of the molecule is COCCN1C=CC=C(C(=O)O)C1SCCCc1ccc(F)cc1. The third-order valence-corrected chi connectivity index (χ3v) is 5.08. The third kappa shape index (κ3) is 5.39. The first-order valence-electron chi connectivity index (χ1n) is 7.84. The molecule has 1 atom stereocenters. The minimum Gasteiger partial charge on any atom is -0.478 e. The molecule has 130 valence electrons. The van der Waals surface area contributed by atoms with Gasteiger partial charge >= 0.3 is 5.97 Å². The molecule has 0 aromatic heterocycles. The van der Waals surface area contributed by atoms with Crippen LogP contribution < -0.4 is 0 Å². The van der Waals surface area contributed by atoms with E-state index < -0.39 is 5.97 Å². The smallest absolute Gasteiger partial charge is 0.334 e. The molecule has 0 radical (unpaired) electrons. The number of carboxylic acid groups (broad SMARTS) is 1. The van der Waals surface area contributed by atoms with E-state index in [4.69, 9.17) is 4.74 Å². The van der Waals surface area contributed by atoms with Crippen LogP contribution in [0.25, 0.3) is 0 Å². The van der Waals surface area contributed by atoms with Crippen molar-refractivity contribution in [2.24, 2.45) is 0 Å². The van der Waals surface area contributed by atoms with Gasteiger partial charge in [-0.15, -0.1) is 11.8 Å². The Hall–Kier alpha value is -1.79. The van der Waals surface area contributed by atoms with E-state index in [1.165, 1.54) is 12.1 Å². The molecular weight excluding hydrogens is 329 g/mol. The number of allylic oxidation sites excluding steroid dienone is 2. The van der Waals surface area contributed by atoms with E-state index in [0.717, 1.165) is 24.2 Å². The highest BCUT2D eigenvalue weighted by Crippen LogP contribution is 2.28. The molecule has 0 bridgehead atoms. The second kappa shape index (κ2) is 9.49. The molecule has 1 aliphatic heterocycles. The lowest BCUT2D eigenvalue weighted by atomic mass is 10.1.